The minimum atomic E-state index is -0.0493. The average molecular weight is 447 g/mol. The van der Waals surface area contributed by atoms with Crippen LogP contribution >= 0.6 is 0 Å². The zero-order valence-corrected chi connectivity index (χ0v) is 19.3. The smallest absolute Gasteiger partial charge is 0.251 e. The Hall–Kier alpha value is -2.88. The fourth-order valence-electron chi connectivity index (χ4n) is 4.80. The van der Waals surface area contributed by atoms with Gasteiger partial charge in [0.1, 0.15) is 11.5 Å². The van der Waals surface area contributed by atoms with Crippen molar-refractivity contribution >= 4 is 11.6 Å². The molecule has 4 rings (SSSR count). The van der Waals surface area contributed by atoms with Crippen LogP contribution in [0.15, 0.2) is 48.5 Å². The van der Waals surface area contributed by atoms with Gasteiger partial charge >= 0.3 is 0 Å². The molecular weight excluding hydrogens is 412 g/mol. The van der Waals surface area contributed by atoms with Crippen LogP contribution in [0.3, 0.4) is 0 Å². The summed E-state index contributed by atoms with van der Waals surface area (Å²) in [6.45, 7) is 13.7. The first-order valence-corrected chi connectivity index (χ1v) is 12.2. The average Bonchev–Trinajstić information content (AvgIpc) is 2.88. The summed E-state index contributed by atoms with van der Waals surface area (Å²) in [6, 6.07) is 14.9. The molecule has 0 aliphatic carbocycles. The maximum absolute atomic E-state index is 12.5. The number of piperidine rings is 2. The molecule has 0 unspecified atom stereocenters. The number of ether oxygens (including phenoxy) is 1. The lowest BCUT2D eigenvalue weighted by atomic mass is 10.00. The lowest BCUT2D eigenvalue weighted by molar-refractivity contribution is 0.0903. The molecule has 0 atom stereocenters. The van der Waals surface area contributed by atoms with Gasteiger partial charge in [0.25, 0.3) is 5.91 Å². The highest BCUT2D eigenvalue weighted by molar-refractivity contribution is 5.94. The summed E-state index contributed by atoms with van der Waals surface area (Å²) in [6.07, 6.45) is 7.68. The number of hydrogen-bond donors (Lipinski definition) is 1. The summed E-state index contributed by atoms with van der Waals surface area (Å²) in [5.74, 6) is 1.28. The van der Waals surface area contributed by atoms with Gasteiger partial charge in [-0.25, -0.2) is 4.85 Å². The van der Waals surface area contributed by atoms with Crippen molar-refractivity contribution in [2.75, 3.05) is 39.3 Å². The van der Waals surface area contributed by atoms with E-state index in [9.17, 15) is 4.79 Å². The molecule has 2 aliphatic rings. The Morgan fingerprint density at radius 2 is 1.58 bits per heavy atom. The number of benzene rings is 2. The lowest BCUT2D eigenvalue weighted by Crippen LogP contribution is -2.47. The van der Waals surface area contributed by atoms with Crippen LogP contribution in [-0.2, 0) is 0 Å². The molecule has 2 fully saturated rings. The quantitative estimate of drug-likeness (QED) is 0.453. The van der Waals surface area contributed by atoms with E-state index in [2.05, 4.69) is 20.0 Å². The van der Waals surface area contributed by atoms with Gasteiger partial charge in [0.15, 0.2) is 5.69 Å². The standard InChI is InChI=1S/C27H34N4O2/c1-28-23-8-12-26(13-9-23)33-25-10-6-22(7-11-25)27(32)29-16-5-17-30-20-14-24(15-21-30)31-18-3-2-4-19-31/h6-13,24H,2-5,14-21H2,(H,29,32). The maximum atomic E-state index is 12.5. The van der Waals surface area contributed by atoms with Gasteiger partial charge in [-0.1, -0.05) is 18.6 Å². The molecule has 2 heterocycles. The Morgan fingerprint density at radius 3 is 2.21 bits per heavy atom. The molecule has 2 aliphatic heterocycles. The minimum Gasteiger partial charge on any atom is -0.457 e. The number of carbonyl (C=O) groups excluding carboxylic acids is 1. The minimum absolute atomic E-state index is 0.0493. The molecule has 0 aromatic heterocycles. The van der Waals surface area contributed by atoms with Crippen molar-refractivity contribution < 1.29 is 9.53 Å². The molecule has 1 amide bonds. The lowest BCUT2D eigenvalue weighted by Gasteiger charge is -2.40. The highest BCUT2D eigenvalue weighted by Crippen LogP contribution is 2.24. The first-order chi connectivity index (χ1) is 16.2. The van der Waals surface area contributed by atoms with Crippen LogP contribution < -0.4 is 10.1 Å². The van der Waals surface area contributed by atoms with Gasteiger partial charge in [-0.3, -0.25) is 4.79 Å². The molecule has 0 spiro atoms. The molecule has 0 saturated carbocycles. The molecule has 1 N–H and O–H groups in total. The van der Waals surface area contributed by atoms with Gasteiger partial charge in [0, 0.05) is 18.2 Å². The third kappa shape index (κ3) is 6.80. The van der Waals surface area contributed by atoms with Crippen LogP contribution in [0, 0.1) is 6.57 Å². The molecule has 174 valence electrons. The highest BCUT2D eigenvalue weighted by Gasteiger charge is 2.25. The molecule has 2 saturated heterocycles. The van der Waals surface area contributed by atoms with Gasteiger partial charge in [-0.15, -0.1) is 0 Å². The molecule has 2 aromatic rings. The number of nitrogens with one attached hydrogen (secondary N) is 1. The van der Waals surface area contributed by atoms with E-state index in [0.717, 1.165) is 19.0 Å². The fourth-order valence-corrected chi connectivity index (χ4v) is 4.80. The molecule has 33 heavy (non-hydrogen) atoms. The van der Waals surface area contributed by atoms with Crippen molar-refractivity contribution in [1.29, 1.82) is 0 Å². The van der Waals surface area contributed by atoms with Crippen LogP contribution in [-0.4, -0.2) is 61.0 Å². The van der Waals surface area contributed by atoms with Crippen molar-refractivity contribution in [2.24, 2.45) is 0 Å². The van der Waals surface area contributed by atoms with Crippen molar-refractivity contribution in [3.05, 3.63) is 65.5 Å². The predicted octanol–water partition coefficient (Wildman–Crippen LogP) is 5.10. The van der Waals surface area contributed by atoms with Crippen molar-refractivity contribution in [3.8, 4) is 11.5 Å². The normalized spacial score (nSPS) is 17.9. The zero-order chi connectivity index (χ0) is 22.9. The molecule has 2 aromatic carbocycles. The second-order valence-electron chi connectivity index (χ2n) is 9.01. The SMILES string of the molecule is [C-]#[N+]c1ccc(Oc2ccc(C(=O)NCCCN3CCC(N4CCCCC4)CC3)cc2)cc1. The summed E-state index contributed by atoms with van der Waals surface area (Å²) >= 11 is 0. The first kappa shape index (κ1) is 23.3. The first-order valence-electron chi connectivity index (χ1n) is 12.2. The number of nitrogens with zero attached hydrogens (tertiary/aromatic N) is 3. The van der Waals surface area contributed by atoms with E-state index in [-0.39, 0.29) is 5.91 Å². The number of rotatable bonds is 8. The van der Waals surface area contributed by atoms with E-state index >= 15 is 0 Å². The van der Waals surface area contributed by atoms with Crippen LogP contribution in [0.2, 0.25) is 0 Å². The largest absolute Gasteiger partial charge is 0.457 e. The Bertz CT molecular complexity index is 922. The van der Waals surface area contributed by atoms with Crippen molar-refractivity contribution in [3.63, 3.8) is 0 Å². The van der Waals surface area contributed by atoms with Gasteiger partial charge in [-0.05, 0) is 101 Å². The summed E-state index contributed by atoms with van der Waals surface area (Å²) in [4.78, 5) is 21.1. The third-order valence-electron chi connectivity index (χ3n) is 6.72. The van der Waals surface area contributed by atoms with Gasteiger partial charge in [0.2, 0.25) is 0 Å². The molecule has 6 heteroatoms. The van der Waals surface area contributed by atoms with Gasteiger partial charge in [0.05, 0.1) is 6.57 Å². The summed E-state index contributed by atoms with van der Waals surface area (Å²) in [7, 11) is 0. The Balaban J connectivity index is 1.13. The third-order valence-corrected chi connectivity index (χ3v) is 6.72. The maximum Gasteiger partial charge on any atom is 0.251 e. The van der Waals surface area contributed by atoms with Crippen LogP contribution in [0.25, 0.3) is 4.85 Å². The van der Waals surface area contributed by atoms with Gasteiger partial charge < -0.3 is 19.9 Å². The number of carbonyl (C=O) groups is 1. The zero-order valence-electron chi connectivity index (χ0n) is 19.3. The number of amides is 1. The molecule has 6 nitrogen and oxygen atoms in total. The Labute approximate surface area is 197 Å². The number of likely N-dealkylation sites (tertiary alicyclic amines) is 2. The van der Waals surface area contributed by atoms with E-state index in [4.69, 9.17) is 11.3 Å². The van der Waals surface area contributed by atoms with E-state index < -0.39 is 0 Å². The predicted molar refractivity (Wildman–Crippen MR) is 131 cm³/mol. The topological polar surface area (TPSA) is 49.2 Å². The van der Waals surface area contributed by atoms with E-state index in [1.165, 1.54) is 58.3 Å². The van der Waals surface area contributed by atoms with E-state index in [1.54, 1.807) is 48.5 Å². The Morgan fingerprint density at radius 1 is 0.939 bits per heavy atom. The van der Waals surface area contributed by atoms with Crippen molar-refractivity contribution in [2.45, 2.75) is 44.6 Å². The van der Waals surface area contributed by atoms with Crippen molar-refractivity contribution in [1.82, 2.24) is 15.1 Å². The van der Waals surface area contributed by atoms with E-state index in [0.29, 0.717) is 29.3 Å². The van der Waals surface area contributed by atoms with E-state index in [1.807, 2.05) is 0 Å². The second-order valence-corrected chi connectivity index (χ2v) is 9.01. The molecule has 0 bridgehead atoms. The monoisotopic (exact) mass is 446 g/mol. The summed E-state index contributed by atoms with van der Waals surface area (Å²) < 4.78 is 5.78. The van der Waals surface area contributed by atoms with Crippen LogP contribution in [0.5, 0.6) is 11.5 Å². The highest BCUT2D eigenvalue weighted by atomic mass is 16.5. The molecular formula is C27H34N4O2. The second kappa shape index (κ2) is 11.8. The van der Waals surface area contributed by atoms with Crippen LogP contribution in [0.1, 0.15) is 48.9 Å². The van der Waals surface area contributed by atoms with Gasteiger partial charge in [-0.2, -0.15) is 0 Å². The Kier molecular flexibility index (Phi) is 8.35. The summed E-state index contributed by atoms with van der Waals surface area (Å²) in [5, 5.41) is 3.04. The van der Waals surface area contributed by atoms with Crippen LogP contribution in [0.4, 0.5) is 5.69 Å². The summed E-state index contributed by atoms with van der Waals surface area (Å²) in [5.41, 5.74) is 1.21. The molecule has 0 radical (unpaired) electrons. The fraction of sp³-hybridized carbons (Fsp3) is 0.481. The number of hydrogen-bond acceptors (Lipinski definition) is 4.